The minimum atomic E-state index is -0.316. The lowest BCUT2D eigenvalue weighted by molar-refractivity contribution is 0.0824. The Morgan fingerprint density at radius 2 is 2.00 bits per heavy atom. The van der Waals surface area contributed by atoms with E-state index in [1.54, 1.807) is 23.2 Å². The van der Waals surface area contributed by atoms with E-state index in [2.05, 4.69) is 16.9 Å². The summed E-state index contributed by atoms with van der Waals surface area (Å²) in [6, 6.07) is 5.96. The third-order valence-corrected chi connectivity index (χ3v) is 4.60. The largest absolute Gasteiger partial charge is 0.445 e. The number of carbonyl (C=O) groups excluding carboxylic acids is 1. The molecule has 27 heavy (non-hydrogen) atoms. The Balaban J connectivity index is 1.70. The van der Waals surface area contributed by atoms with Crippen LogP contribution in [0.3, 0.4) is 0 Å². The number of amides is 1. The molecule has 1 aromatic rings. The number of rotatable bonds is 7. The zero-order chi connectivity index (χ0) is 19.6. The first-order chi connectivity index (χ1) is 13.0. The SMILES string of the molecule is C=C(NCC1CCN(C(=O)OCc2ccc(F)cc2)CC1)/C(=C/C)N=CC. The van der Waals surface area contributed by atoms with E-state index in [1.807, 2.05) is 19.9 Å². The van der Waals surface area contributed by atoms with E-state index in [0.29, 0.717) is 19.0 Å². The number of halogens is 1. The predicted octanol–water partition coefficient (Wildman–Crippen LogP) is 4.27. The van der Waals surface area contributed by atoms with Gasteiger partial charge < -0.3 is 15.0 Å². The molecular weight excluding hydrogens is 345 g/mol. The third-order valence-electron chi connectivity index (χ3n) is 4.60. The average molecular weight is 373 g/mol. The average Bonchev–Trinajstić information content (AvgIpc) is 2.70. The van der Waals surface area contributed by atoms with Crippen molar-refractivity contribution < 1.29 is 13.9 Å². The van der Waals surface area contributed by atoms with Gasteiger partial charge in [-0.25, -0.2) is 9.18 Å². The second-order valence-corrected chi connectivity index (χ2v) is 6.53. The molecule has 6 heteroatoms. The molecule has 0 aliphatic carbocycles. The molecule has 0 bridgehead atoms. The maximum atomic E-state index is 12.9. The minimum Gasteiger partial charge on any atom is -0.445 e. The van der Waals surface area contributed by atoms with Crippen LogP contribution in [0.1, 0.15) is 32.3 Å². The van der Waals surface area contributed by atoms with E-state index in [9.17, 15) is 9.18 Å². The van der Waals surface area contributed by atoms with Crippen LogP contribution in [0.4, 0.5) is 9.18 Å². The summed E-state index contributed by atoms with van der Waals surface area (Å²) in [7, 11) is 0. The first kappa shape index (κ1) is 20.7. The van der Waals surface area contributed by atoms with Gasteiger partial charge in [-0.1, -0.05) is 24.8 Å². The lowest BCUT2D eigenvalue weighted by Gasteiger charge is -2.31. The number of hydrogen-bond acceptors (Lipinski definition) is 4. The summed E-state index contributed by atoms with van der Waals surface area (Å²) >= 11 is 0. The van der Waals surface area contributed by atoms with Gasteiger partial charge in [-0.2, -0.15) is 0 Å². The number of aliphatic imine (C=N–C) groups is 1. The highest BCUT2D eigenvalue weighted by Crippen LogP contribution is 2.18. The summed E-state index contributed by atoms with van der Waals surface area (Å²) in [6.45, 7) is 10.2. The van der Waals surface area contributed by atoms with Gasteiger partial charge in [0.05, 0.1) is 11.4 Å². The lowest BCUT2D eigenvalue weighted by Crippen LogP contribution is -2.40. The summed E-state index contributed by atoms with van der Waals surface area (Å²) in [5.41, 5.74) is 2.44. The molecule has 1 N–H and O–H groups in total. The summed E-state index contributed by atoms with van der Waals surface area (Å²) in [5, 5.41) is 3.34. The van der Waals surface area contributed by atoms with Crippen LogP contribution in [0.5, 0.6) is 0 Å². The Labute approximate surface area is 160 Å². The molecule has 1 aliphatic rings. The molecule has 0 unspecified atom stereocenters. The highest BCUT2D eigenvalue weighted by molar-refractivity contribution is 5.67. The van der Waals surface area contributed by atoms with Crippen molar-refractivity contribution in [2.75, 3.05) is 19.6 Å². The van der Waals surface area contributed by atoms with Crippen molar-refractivity contribution in [3.63, 3.8) is 0 Å². The standard InChI is InChI=1S/C21H28FN3O2/c1-4-20(23-5-2)16(3)24-14-17-10-12-25(13-11-17)21(26)27-15-18-6-8-19(22)9-7-18/h4-9,17,24H,3,10-15H2,1-2H3/b20-4-,23-5?. The number of ether oxygens (including phenoxy) is 1. The Morgan fingerprint density at radius 1 is 1.33 bits per heavy atom. The molecule has 2 rings (SSSR count). The molecule has 5 nitrogen and oxygen atoms in total. The smallest absolute Gasteiger partial charge is 0.410 e. The van der Waals surface area contributed by atoms with Crippen LogP contribution in [0, 0.1) is 11.7 Å². The van der Waals surface area contributed by atoms with E-state index in [4.69, 9.17) is 4.74 Å². The number of nitrogens with zero attached hydrogens (tertiary/aromatic N) is 2. The van der Waals surface area contributed by atoms with Crippen molar-refractivity contribution in [2.45, 2.75) is 33.3 Å². The predicted molar refractivity (Wildman–Crippen MR) is 106 cm³/mol. The third kappa shape index (κ3) is 6.55. The summed E-state index contributed by atoms with van der Waals surface area (Å²) in [6.07, 6.45) is 5.18. The van der Waals surface area contributed by atoms with E-state index in [1.165, 1.54) is 12.1 Å². The monoisotopic (exact) mass is 373 g/mol. The molecule has 0 saturated carbocycles. The Kier molecular flexibility index (Phi) is 8.04. The van der Waals surface area contributed by atoms with E-state index < -0.39 is 0 Å². The molecular formula is C21H28FN3O2. The van der Waals surface area contributed by atoms with Crippen molar-refractivity contribution in [1.29, 1.82) is 0 Å². The molecule has 146 valence electrons. The van der Waals surface area contributed by atoms with Crippen LogP contribution in [-0.4, -0.2) is 36.8 Å². The van der Waals surface area contributed by atoms with Gasteiger partial charge in [0.15, 0.2) is 0 Å². The van der Waals surface area contributed by atoms with Crippen LogP contribution >= 0.6 is 0 Å². The molecule has 1 aromatic carbocycles. The van der Waals surface area contributed by atoms with E-state index in [-0.39, 0.29) is 18.5 Å². The van der Waals surface area contributed by atoms with Gasteiger partial charge in [0.2, 0.25) is 0 Å². The summed E-state index contributed by atoms with van der Waals surface area (Å²) in [4.78, 5) is 18.2. The number of benzene rings is 1. The lowest BCUT2D eigenvalue weighted by atomic mass is 9.97. The van der Waals surface area contributed by atoms with Gasteiger partial charge >= 0.3 is 6.09 Å². The maximum Gasteiger partial charge on any atom is 0.410 e. The number of likely N-dealkylation sites (tertiary alicyclic amines) is 1. The van der Waals surface area contributed by atoms with Crippen LogP contribution in [0.2, 0.25) is 0 Å². The highest BCUT2D eigenvalue weighted by atomic mass is 19.1. The van der Waals surface area contributed by atoms with Crippen molar-refractivity contribution in [2.24, 2.45) is 10.9 Å². The zero-order valence-corrected chi connectivity index (χ0v) is 16.1. The van der Waals surface area contributed by atoms with Crippen LogP contribution in [0.25, 0.3) is 0 Å². The fourth-order valence-electron chi connectivity index (χ4n) is 2.96. The summed E-state index contributed by atoms with van der Waals surface area (Å²) in [5.74, 6) is 0.179. The second-order valence-electron chi connectivity index (χ2n) is 6.53. The first-order valence-corrected chi connectivity index (χ1v) is 9.27. The number of carbonyl (C=O) groups is 1. The minimum absolute atomic E-state index is 0.157. The number of nitrogens with one attached hydrogen (secondary N) is 1. The molecule has 0 aromatic heterocycles. The number of piperidine rings is 1. The highest BCUT2D eigenvalue weighted by Gasteiger charge is 2.23. The van der Waals surface area contributed by atoms with Crippen molar-refractivity contribution in [1.82, 2.24) is 10.2 Å². The van der Waals surface area contributed by atoms with Gasteiger partial charge in [-0.3, -0.25) is 4.99 Å². The van der Waals surface area contributed by atoms with Gasteiger partial charge in [-0.15, -0.1) is 0 Å². The topological polar surface area (TPSA) is 53.9 Å². The number of hydrogen-bond donors (Lipinski definition) is 1. The normalized spacial score (nSPS) is 15.8. The maximum absolute atomic E-state index is 12.9. The Hall–Kier alpha value is -2.63. The van der Waals surface area contributed by atoms with Gasteiger partial charge in [0, 0.05) is 25.8 Å². The molecule has 0 atom stereocenters. The molecule has 1 aliphatic heterocycles. The molecule has 1 amide bonds. The van der Waals surface area contributed by atoms with Gasteiger partial charge in [0.25, 0.3) is 0 Å². The molecule has 1 saturated heterocycles. The molecule has 1 fully saturated rings. The van der Waals surface area contributed by atoms with Crippen LogP contribution in [0.15, 0.2) is 53.3 Å². The van der Waals surface area contributed by atoms with E-state index in [0.717, 1.165) is 36.3 Å². The Bertz CT molecular complexity index is 690. The van der Waals surface area contributed by atoms with Crippen LogP contribution in [-0.2, 0) is 11.3 Å². The fourth-order valence-corrected chi connectivity index (χ4v) is 2.96. The quantitative estimate of drug-likeness (QED) is 0.574. The van der Waals surface area contributed by atoms with Crippen molar-refractivity contribution in [3.05, 3.63) is 59.7 Å². The number of allylic oxidation sites excluding steroid dienone is 1. The Morgan fingerprint density at radius 3 is 2.59 bits per heavy atom. The molecule has 1 heterocycles. The van der Waals surface area contributed by atoms with Crippen molar-refractivity contribution >= 4 is 12.3 Å². The van der Waals surface area contributed by atoms with Gasteiger partial charge in [0.1, 0.15) is 12.4 Å². The van der Waals surface area contributed by atoms with Crippen LogP contribution < -0.4 is 5.32 Å². The fraction of sp³-hybridized carbons (Fsp3) is 0.429. The zero-order valence-electron chi connectivity index (χ0n) is 16.1. The van der Waals surface area contributed by atoms with Gasteiger partial charge in [-0.05, 0) is 50.3 Å². The van der Waals surface area contributed by atoms with Crippen molar-refractivity contribution in [3.8, 4) is 0 Å². The summed E-state index contributed by atoms with van der Waals surface area (Å²) < 4.78 is 18.2. The molecule has 0 radical (unpaired) electrons. The molecule has 0 spiro atoms. The second kappa shape index (κ2) is 10.5. The first-order valence-electron chi connectivity index (χ1n) is 9.27. The van der Waals surface area contributed by atoms with E-state index >= 15 is 0 Å².